The summed E-state index contributed by atoms with van der Waals surface area (Å²) in [6.07, 6.45) is 7.35. The summed E-state index contributed by atoms with van der Waals surface area (Å²) in [6.45, 7) is 2.27. The number of halogens is 2. The summed E-state index contributed by atoms with van der Waals surface area (Å²) in [4.78, 5) is 2.53. The van der Waals surface area contributed by atoms with Crippen LogP contribution in [0.15, 0.2) is 11.6 Å². The van der Waals surface area contributed by atoms with Crippen molar-refractivity contribution in [3.8, 4) is 0 Å². The predicted octanol–water partition coefficient (Wildman–Crippen LogP) is 3.38. The van der Waals surface area contributed by atoms with Crippen LogP contribution in [0.5, 0.6) is 0 Å². The molecule has 3 heteroatoms. The molecule has 0 aromatic heterocycles. The highest BCUT2D eigenvalue weighted by Gasteiger charge is 2.22. The second kappa shape index (κ2) is 6.86. The summed E-state index contributed by atoms with van der Waals surface area (Å²) in [5, 5.41) is 1.13. The van der Waals surface area contributed by atoms with Gasteiger partial charge in [0.1, 0.15) is 0 Å². The van der Waals surface area contributed by atoms with Crippen LogP contribution in [-0.2, 0) is 0 Å². The first-order chi connectivity index (χ1) is 6.38. The quantitative estimate of drug-likeness (QED) is 0.690. The Morgan fingerprint density at radius 3 is 3.08 bits per heavy atom. The maximum Gasteiger partial charge on any atom is 0.0177 e. The van der Waals surface area contributed by atoms with Gasteiger partial charge in [0.05, 0.1) is 0 Å². The Labute approximate surface area is 94.3 Å². The van der Waals surface area contributed by atoms with E-state index in [1.807, 2.05) is 6.08 Å². The summed E-state index contributed by atoms with van der Waals surface area (Å²) in [7, 11) is 0. The molecule has 1 nitrogen and oxygen atoms in total. The van der Waals surface area contributed by atoms with Crippen molar-refractivity contribution in [2.45, 2.75) is 31.7 Å². The molecule has 0 spiro atoms. The first-order valence-electron chi connectivity index (χ1n) is 4.93. The van der Waals surface area contributed by atoms with E-state index in [4.69, 9.17) is 11.6 Å². The van der Waals surface area contributed by atoms with Gasteiger partial charge < -0.3 is 0 Å². The Hall–Kier alpha value is 0.470. The molecule has 0 bridgehead atoms. The van der Waals surface area contributed by atoms with E-state index in [0.717, 1.165) is 17.9 Å². The Morgan fingerprint density at radius 2 is 2.38 bits per heavy atom. The van der Waals surface area contributed by atoms with Crippen LogP contribution in [0.3, 0.4) is 0 Å². The lowest BCUT2D eigenvalue weighted by molar-refractivity contribution is 0.267. The fourth-order valence-corrected chi connectivity index (χ4v) is 2.35. The Balaban J connectivity index is 2.26. The summed E-state index contributed by atoms with van der Waals surface area (Å²) < 4.78 is 0. The monoisotopic (exact) mass is 265 g/mol. The zero-order valence-corrected chi connectivity index (χ0v) is 10.2. The molecule has 1 heterocycles. The van der Waals surface area contributed by atoms with Crippen molar-refractivity contribution < 1.29 is 0 Å². The molecule has 0 aromatic carbocycles. The van der Waals surface area contributed by atoms with Crippen molar-refractivity contribution in [1.82, 2.24) is 4.90 Å². The molecule has 0 N–H and O–H groups in total. The van der Waals surface area contributed by atoms with Crippen molar-refractivity contribution in [1.29, 1.82) is 0 Å². The lowest BCUT2D eigenvalue weighted by Crippen LogP contribution is -2.29. The van der Waals surface area contributed by atoms with Crippen LogP contribution in [0.4, 0.5) is 0 Å². The number of rotatable bonds is 5. The Kier molecular flexibility index (Phi) is 6.09. The molecular formula is C10H17BrClN. The van der Waals surface area contributed by atoms with Gasteiger partial charge in [-0.1, -0.05) is 33.6 Å². The Bertz CT molecular complexity index is 161. The molecule has 0 aromatic rings. The molecule has 1 saturated heterocycles. The van der Waals surface area contributed by atoms with Crippen LogP contribution in [-0.4, -0.2) is 29.4 Å². The molecule has 13 heavy (non-hydrogen) atoms. The van der Waals surface area contributed by atoms with Crippen LogP contribution in [0.25, 0.3) is 0 Å². The van der Waals surface area contributed by atoms with Crippen LogP contribution < -0.4 is 0 Å². The molecule has 1 fully saturated rings. The van der Waals surface area contributed by atoms with Crippen LogP contribution in [0, 0.1) is 0 Å². The average molecular weight is 267 g/mol. The maximum absolute atomic E-state index is 5.52. The zero-order chi connectivity index (χ0) is 9.52. The van der Waals surface area contributed by atoms with E-state index in [1.165, 1.54) is 32.2 Å². The number of alkyl halides is 1. The van der Waals surface area contributed by atoms with Crippen molar-refractivity contribution in [2.24, 2.45) is 0 Å². The lowest BCUT2D eigenvalue weighted by Gasteiger charge is -2.22. The van der Waals surface area contributed by atoms with E-state index in [0.29, 0.717) is 0 Å². The molecule has 1 atom stereocenters. The number of likely N-dealkylation sites (tertiary alicyclic amines) is 1. The minimum atomic E-state index is 0.797. The van der Waals surface area contributed by atoms with Gasteiger partial charge in [0, 0.05) is 23.5 Å². The van der Waals surface area contributed by atoms with E-state index >= 15 is 0 Å². The average Bonchev–Trinajstić information content (AvgIpc) is 2.59. The van der Waals surface area contributed by atoms with E-state index < -0.39 is 0 Å². The normalized spacial score (nSPS) is 24.6. The van der Waals surface area contributed by atoms with Crippen LogP contribution in [0.2, 0.25) is 0 Å². The highest BCUT2D eigenvalue weighted by molar-refractivity contribution is 9.09. The van der Waals surface area contributed by atoms with Gasteiger partial charge in [-0.15, -0.1) is 0 Å². The third kappa shape index (κ3) is 4.01. The van der Waals surface area contributed by atoms with Gasteiger partial charge in [-0.25, -0.2) is 0 Å². The van der Waals surface area contributed by atoms with Crippen molar-refractivity contribution in [2.75, 3.05) is 18.4 Å². The summed E-state index contributed by atoms with van der Waals surface area (Å²) in [5.74, 6) is 0. The standard InChI is InChI=1S/C10H17BrClN/c11-6-1-4-10-5-2-8-13(10)9-3-7-12/h3,7,10H,1-2,4-6,8-9H2/b7-3+. The molecular weight excluding hydrogens is 249 g/mol. The summed E-state index contributed by atoms with van der Waals surface area (Å²) >= 11 is 8.99. The third-order valence-corrected chi connectivity index (χ3v) is 3.34. The number of hydrogen-bond donors (Lipinski definition) is 0. The SMILES string of the molecule is Cl/C=C/CN1CCCC1CCCBr. The summed E-state index contributed by atoms with van der Waals surface area (Å²) in [5.41, 5.74) is 1.62. The van der Waals surface area contributed by atoms with Crippen molar-refractivity contribution in [3.05, 3.63) is 11.6 Å². The van der Waals surface area contributed by atoms with E-state index in [-0.39, 0.29) is 0 Å². The summed E-state index contributed by atoms with van der Waals surface area (Å²) in [6, 6.07) is 0.797. The molecule has 1 unspecified atom stereocenters. The molecule has 1 rings (SSSR count). The maximum atomic E-state index is 5.52. The van der Waals surface area contributed by atoms with E-state index in [9.17, 15) is 0 Å². The van der Waals surface area contributed by atoms with Crippen molar-refractivity contribution in [3.63, 3.8) is 0 Å². The van der Waals surface area contributed by atoms with Crippen molar-refractivity contribution >= 4 is 27.5 Å². The fraction of sp³-hybridized carbons (Fsp3) is 0.800. The third-order valence-electron chi connectivity index (χ3n) is 2.60. The second-order valence-electron chi connectivity index (χ2n) is 3.48. The molecule has 1 aliphatic rings. The van der Waals surface area contributed by atoms with Gasteiger partial charge in [0.15, 0.2) is 0 Å². The molecule has 76 valence electrons. The van der Waals surface area contributed by atoms with E-state index in [2.05, 4.69) is 20.8 Å². The minimum absolute atomic E-state index is 0.797. The van der Waals surface area contributed by atoms with Gasteiger partial charge in [-0.3, -0.25) is 4.90 Å². The Morgan fingerprint density at radius 1 is 1.54 bits per heavy atom. The van der Waals surface area contributed by atoms with Gasteiger partial charge >= 0.3 is 0 Å². The molecule has 0 radical (unpaired) electrons. The number of hydrogen-bond acceptors (Lipinski definition) is 1. The highest BCUT2D eigenvalue weighted by atomic mass is 79.9. The minimum Gasteiger partial charge on any atom is -0.297 e. The topological polar surface area (TPSA) is 3.24 Å². The first kappa shape index (κ1) is 11.5. The molecule has 1 aliphatic heterocycles. The highest BCUT2D eigenvalue weighted by Crippen LogP contribution is 2.21. The predicted molar refractivity (Wildman–Crippen MR) is 62.6 cm³/mol. The van der Waals surface area contributed by atoms with Gasteiger partial charge in [0.2, 0.25) is 0 Å². The van der Waals surface area contributed by atoms with Crippen LogP contribution >= 0.6 is 27.5 Å². The van der Waals surface area contributed by atoms with Gasteiger partial charge in [-0.05, 0) is 32.2 Å². The molecule has 0 saturated carbocycles. The van der Waals surface area contributed by atoms with E-state index in [1.54, 1.807) is 5.54 Å². The molecule has 0 aliphatic carbocycles. The zero-order valence-electron chi connectivity index (χ0n) is 7.88. The molecule has 0 amide bonds. The van der Waals surface area contributed by atoms with Gasteiger partial charge in [-0.2, -0.15) is 0 Å². The fourth-order valence-electron chi connectivity index (χ4n) is 1.95. The lowest BCUT2D eigenvalue weighted by atomic mass is 10.1. The second-order valence-corrected chi connectivity index (χ2v) is 4.53. The smallest absolute Gasteiger partial charge is 0.0177 e. The van der Waals surface area contributed by atoms with Gasteiger partial charge in [0.25, 0.3) is 0 Å². The van der Waals surface area contributed by atoms with Crippen LogP contribution in [0.1, 0.15) is 25.7 Å². The number of nitrogens with zero attached hydrogens (tertiary/aromatic N) is 1. The first-order valence-corrected chi connectivity index (χ1v) is 6.49. The largest absolute Gasteiger partial charge is 0.297 e.